The first-order chi connectivity index (χ1) is 9.95. The molecule has 1 aromatic heterocycles. The molecule has 22 heavy (non-hydrogen) atoms. The molecular weight excluding hydrogens is 321 g/mol. The monoisotopic (exact) mass is 336 g/mol. The number of aromatic amines is 1. The van der Waals surface area contributed by atoms with Gasteiger partial charge in [0.2, 0.25) is 10.0 Å². The molecule has 0 saturated carbocycles. The summed E-state index contributed by atoms with van der Waals surface area (Å²) in [5, 5.41) is 4.92. The van der Waals surface area contributed by atoms with E-state index in [1.165, 1.54) is 18.0 Å². The van der Waals surface area contributed by atoms with Crippen molar-refractivity contribution in [2.24, 2.45) is 5.14 Å². The van der Waals surface area contributed by atoms with Crippen LogP contribution >= 0.6 is 0 Å². The zero-order chi connectivity index (χ0) is 16.7. The maximum Gasteiger partial charge on any atom is 0.418 e. The summed E-state index contributed by atoms with van der Waals surface area (Å²) >= 11 is 0. The number of hydrogen-bond donors (Lipinski definition) is 2. The van der Waals surface area contributed by atoms with Crippen LogP contribution in [0.4, 0.5) is 13.2 Å². The van der Waals surface area contributed by atoms with Crippen LogP contribution in [0.3, 0.4) is 0 Å². The third kappa shape index (κ3) is 3.96. The zero-order valence-electron chi connectivity index (χ0n) is 11.9. The molecule has 6 nitrogen and oxygen atoms in total. The minimum Gasteiger partial charge on any atom is -0.340 e. The summed E-state index contributed by atoms with van der Waals surface area (Å²) in [6.07, 6.45) is -4.50. The minimum atomic E-state index is -4.50. The van der Waals surface area contributed by atoms with Crippen molar-refractivity contribution in [3.63, 3.8) is 0 Å². The van der Waals surface area contributed by atoms with Gasteiger partial charge in [-0.3, -0.25) is 4.90 Å². The van der Waals surface area contributed by atoms with Gasteiger partial charge in [-0.1, -0.05) is 0 Å². The molecule has 10 heteroatoms. The number of primary sulfonamides is 1. The minimum absolute atomic E-state index is 0.0292. The van der Waals surface area contributed by atoms with Gasteiger partial charge < -0.3 is 4.98 Å². The first-order valence-electron chi connectivity index (χ1n) is 6.21. The Kier molecular flexibility index (Phi) is 4.20. The van der Waals surface area contributed by atoms with E-state index in [0.29, 0.717) is 5.56 Å². The van der Waals surface area contributed by atoms with E-state index in [2.05, 4.69) is 9.97 Å². The van der Waals surface area contributed by atoms with Crippen molar-refractivity contribution in [2.75, 3.05) is 12.9 Å². The lowest BCUT2D eigenvalue weighted by atomic mass is 10.1. The molecule has 2 rings (SSSR count). The SMILES string of the molecule is Cc1cc(C(F)(F)F)c2[nH]c(CN(C)CS(N)(=O)=O)nc2c1. The molecule has 0 aliphatic carbocycles. The zero-order valence-corrected chi connectivity index (χ0v) is 12.7. The van der Waals surface area contributed by atoms with Crippen molar-refractivity contribution in [3.8, 4) is 0 Å². The molecule has 122 valence electrons. The Morgan fingerprint density at radius 2 is 2.00 bits per heavy atom. The van der Waals surface area contributed by atoms with Crippen LogP contribution in [0.5, 0.6) is 0 Å². The largest absolute Gasteiger partial charge is 0.418 e. The molecule has 0 unspecified atom stereocenters. The average Bonchev–Trinajstić information content (AvgIpc) is 2.65. The summed E-state index contributed by atoms with van der Waals surface area (Å²) in [6, 6.07) is 2.57. The second-order valence-electron chi connectivity index (χ2n) is 5.19. The molecule has 1 heterocycles. The van der Waals surface area contributed by atoms with Gasteiger partial charge in [-0.05, 0) is 31.7 Å². The van der Waals surface area contributed by atoms with E-state index >= 15 is 0 Å². The van der Waals surface area contributed by atoms with Crippen LogP contribution in [0.1, 0.15) is 17.0 Å². The van der Waals surface area contributed by atoms with Crippen LogP contribution < -0.4 is 5.14 Å². The molecule has 0 radical (unpaired) electrons. The molecule has 0 fully saturated rings. The topological polar surface area (TPSA) is 92.1 Å². The van der Waals surface area contributed by atoms with Crippen LogP contribution in [0.25, 0.3) is 11.0 Å². The van der Waals surface area contributed by atoms with E-state index in [4.69, 9.17) is 5.14 Å². The second-order valence-corrected chi connectivity index (χ2v) is 6.78. The van der Waals surface area contributed by atoms with Crippen molar-refractivity contribution in [2.45, 2.75) is 19.6 Å². The lowest BCUT2D eigenvalue weighted by molar-refractivity contribution is -0.136. The van der Waals surface area contributed by atoms with Gasteiger partial charge in [-0.2, -0.15) is 13.2 Å². The molecule has 3 N–H and O–H groups in total. The Labute approximate surface area is 125 Å². The number of imidazole rings is 1. The van der Waals surface area contributed by atoms with Crippen molar-refractivity contribution in [3.05, 3.63) is 29.1 Å². The summed E-state index contributed by atoms with van der Waals surface area (Å²) < 4.78 is 61.1. The quantitative estimate of drug-likeness (QED) is 0.886. The van der Waals surface area contributed by atoms with E-state index in [9.17, 15) is 21.6 Å². The number of H-pyrrole nitrogens is 1. The number of rotatable bonds is 4. The normalized spacial score (nSPS) is 13.2. The Balaban J connectivity index is 2.39. The van der Waals surface area contributed by atoms with Crippen LogP contribution in [-0.4, -0.2) is 36.2 Å². The molecule has 0 saturated heterocycles. The molecule has 0 atom stereocenters. The van der Waals surface area contributed by atoms with Crippen LogP contribution in [-0.2, 0) is 22.7 Å². The highest BCUT2D eigenvalue weighted by molar-refractivity contribution is 7.89. The number of hydrogen-bond acceptors (Lipinski definition) is 4. The van der Waals surface area contributed by atoms with E-state index in [-0.39, 0.29) is 23.4 Å². The third-order valence-electron chi connectivity index (χ3n) is 2.91. The Morgan fingerprint density at radius 1 is 1.36 bits per heavy atom. The molecule has 0 aliphatic rings. The van der Waals surface area contributed by atoms with Gasteiger partial charge >= 0.3 is 6.18 Å². The fourth-order valence-electron chi connectivity index (χ4n) is 2.21. The molecule has 1 aromatic carbocycles. The fraction of sp³-hybridized carbons (Fsp3) is 0.417. The van der Waals surface area contributed by atoms with E-state index in [0.717, 1.165) is 6.07 Å². The summed E-state index contributed by atoms with van der Waals surface area (Å²) in [5.74, 6) is -0.188. The highest BCUT2D eigenvalue weighted by Gasteiger charge is 2.34. The summed E-state index contributed by atoms with van der Waals surface area (Å²) in [4.78, 5) is 8.03. The number of nitrogens with one attached hydrogen (secondary N) is 1. The number of aryl methyl sites for hydroxylation is 1. The standard InChI is InChI=1S/C12H15F3N4O2S/c1-7-3-8(12(13,14)15)11-9(4-7)17-10(18-11)5-19(2)6-22(16,20)21/h3-4H,5-6H2,1-2H3,(H,17,18)(H2,16,20,21). The lowest BCUT2D eigenvalue weighted by Crippen LogP contribution is -2.30. The summed E-state index contributed by atoms with van der Waals surface area (Å²) in [7, 11) is -2.23. The maximum absolute atomic E-state index is 13.0. The number of nitrogens with two attached hydrogens (primary N) is 1. The Bertz CT molecular complexity index is 799. The highest BCUT2D eigenvalue weighted by Crippen LogP contribution is 2.34. The summed E-state index contributed by atoms with van der Waals surface area (Å²) in [6.45, 7) is 1.58. The van der Waals surface area contributed by atoms with Crippen molar-refractivity contribution < 1.29 is 21.6 Å². The number of fused-ring (bicyclic) bond motifs is 1. The van der Waals surface area contributed by atoms with Crippen molar-refractivity contribution >= 4 is 21.1 Å². The Morgan fingerprint density at radius 3 is 2.55 bits per heavy atom. The smallest absolute Gasteiger partial charge is 0.340 e. The number of nitrogens with zero attached hydrogens (tertiary/aromatic N) is 2. The average molecular weight is 336 g/mol. The highest BCUT2D eigenvalue weighted by atomic mass is 32.2. The van der Waals surface area contributed by atoms with E-state index < -0.39 is 27.6 Å². The molecule has 0 bridgehead atoms. The van der Waals surface area contributed by atoms with Gasteiger partial charge in [0, 0.05) is 0 Å². The van der Waals surface area contributed by atoms with Gasteiger partial charge in [0.1, 0.15) is 11.7 Å². The molecular formula is C12H15F3N4O2S. The fourth-order valence-corrected chi connectivity index (χ4v) is 2.92. The number of alkyl halides is 3. The first-order valence-corrected chi connectivity index (χ1v) is 7.93. The number of sulfonamides is 1. The van der Waals surface area contributed by atoms with Crippen LogP contribution in [0, 0.1) is 6.92 Å². The van der Waals surface area contributed by atoms with Gasteiger partial charge in [-0.15, -0.1) is 0 Å². The summed E-state index contributed by atoms with van der Waals surface area (Å²) in [5.41, 5.74) is -0.283. The van der Waals surface area contributed by atoms with Gasteiger partial charge in [0.25, 0.3) is 0 Å². The van der Waals surface area contributed by atoms with E-state index in [1.807, 2.05) is 0 Å². The van der Waals surface area contributed by atoms with Gasteiger partial charge in [-0.25, -0.2) is 18.5 Å². The Hall–Kier alpha value is -1.65. The van der Waals surface area contributed by atoms with Crippen LogP contribution in [0.15, 0.2) is 12.1 Å². The third-order valence-corrected chi connectivity index (χ3v) is 3.71. The predicted molar refractivity (Wildman–Crippen MR) is 75.3 cm³/mol. The predicted octanol–water partition coefficient (Wildman–Crippen LogP) is 1.57. The van der Waals surface area contributed by atoms with E-state index in [1.54, 1.807) is 6.92 Å². The molecule has 0 amide bonds. The molecule has 0 aliphatic heterocycles. The number of halogens is 3. The van der Waals surface area contributed by atoms with Crippen molar-refractivity contribution in [1.82, 2.24) is 14.9 Å². The number of aromatic nitrogens is 2. The molecule has 0 spiro atoms. The van der Waals surface area contributed by atoms with Crippen molar-refractivity contribution in [1.29, 1.82) is 0 Å². The molecule has 2 aromatic rings. The first kappa shape index (κ1) is 16.7. The maximum atomic E-state index is 13.0. The van der Waals surface area contributed by atoms with Gasteiger partial charge in [0.05, 0.1) is 23.1 Å². The van der Waals surface area contributed by atoms with Gasteiger partial charge in [0.15, 0.2) is 0 Å². The van der Waals surface area contributed by atoms with Crippen LogP contribution in [0.2, 0.25) is 0 Å². The number of benzene rings is 1. The lowest BCUT2D eigenvalue weighted by Gasteiger charge is -2.12. The second kappa shape index (κ2) is 5.52.